The third-order valence-electron chi connectivity index (χ3n) is 3.14. The van der Waals surface area contributed by atoms with Crippen LogP contribution in [0, 0.1) is 0 Å². The smallest absolute Gasteiger partial charge is 0.211 e. The molecular weight excluding hydrogens is 284 g/mol. The highest BCUT2D eigenvalue weighted by Crippen LogP contribution is 2.14. The van der Waals surface area contributed by atoms with Crippen molar-refractivity contribution in [3.05, 3.63) is 16.1 Å². The van der Waals surface area contributed by atoms with Crippen LogP contribution in [0.25, 0.3) is 0 Å². The molecule has 0 spiro atoms. The molecule has 1 aliphatic rings. The molecule has 2 rings (SSSR count). The summed E-state index contributed by atoms with van der Waals surface area (Å²) in [6, 6.07) is 0. The Morgan fingerprint density at radius 3 is 2.63 bits per heavy atom. The molecule has 0 aromatic carbocycles. The van der Waals surface area contributed by atoms with Crippen molar-refractivity contribution in [1.29, 1.82) is 0 Å². The normalized spacial score (nSPS) is 18.8. The maximum Gasteiger partial charge on any atom is 0.211 e. The topological polar surface area (TPSA) is 79.5 Å². The molecule has 2 N–H and O–H groups in total. The van der Waals surface area contributed by atoms with Crippen molar-refractivity contribution in [2.75, 3.05) is 39.0 Å². The minimum Gasteiger partial charge on any atom is -0.330 e. The van der Waals surface area contributed by atoms with Gasteiger partial charge < -0.3 is 5.73 Å². The Kier molecular flexibility index (Phi) is 4.91. The molecule has 0 atom stereocenters. The van der Waals surface area contributed by atoms with E-state index in [1.165, 1.54) is 10.6 Å². The fraction of sp³-hybridized carbons (Fsp3) is 0.727. The van der Waals surface area contributed by atoms with Crippen LogP contribution in [-0.2, 0) is 23.0 Å². The molecule has 6 nitrogen and oxygen atoms in total. The second kappa shape index (κ2) is 6.27. The monoisotopic (exact) mass is 304 g/mol. The number of sulfonamides is 1. The van der Waals surface area contributed by atoms with Gasteiger partial charge in [0.15, 0.2) is 0 Å². The standard InChI is InChI=1S/C11H20N4O2S2/c1-19(16,17)15-6-4-14(5-7-15)8-10-9-18-11(13-10)2-3-12/h9H,2-8,12H2,1H3. The first-order valence-corrected chi connectivity index (χ1v) is 9.02. The Morgan fingerprint density at radius 2 is 2.05 bits per heavy atom. The summed E-state index contributed by atoms with van der Waals surface area (Å²) in [4.78, 5) is 6.77. The summed E-state index contributed by atoms with van der Waals surface area (Å²) in [7, 11) is -3.05. The molecule has 0 bridgehead atoms. The lowest BCUT2D eigenvalue weighted by atomic mass is 10.3. The minimum absolute atomic E-state index is 0.568. The molecule has 1 aliphatic heterocycles. The van der Waals surface area contributed by atoms with Gasteiger partial charge in [-0.1, -0.05) is 0 Å². The highest BCUT2D eigenvalue weighted by atomic mass is 32.2. The van der Waals surface area contributed by atoms with Gasteiger partial charge in [-0.2, -0.15) is 4.31 Å². The van der Waals surface area contributed by atoms with E-state index in [1.807, 2.05) is 0 Å². The van der Waals surface area contributed by atoms with E-state index in [4.69, 9.17) is 5.73 Å². The molecule has 1 saturated heterocycles. The van der Waals surface area contributed by atoms with Crippen molar-refractivity contribution in [3.8, 4) is 0 Å². The number of piperazine rings is 1. The molecule has 0 saturated carbocycles. The maximum absolute atomic E-state index is 11.4. The Bertz CT molecular complexity index is 507. The van der Waals surface area contributed by atoms with E-state index in [9.17, 15) is 8.42 Å². The molecule has 1 fully saturated rings. The largest absolute Gasteiger partial charge is 0.330 e. The number of nitrogens with two attached hydrogens (primary N) is 1. The molecule has 1 aromatic heterocycles. The van der Waals surface area contributed by atoms with Gasteiger partial charge in [-0.15, -0.1) is 11.3 Å². The lowest BCUT2D eigenvalue weighted by Crippen LogP contribution is -2.47. The highest BCUT2D eigenvalue weighted by molar-refractivity contribution is 7.88. The number of nitrogens with zero attached hydrogens (tertiary/aromatic N) is 3. The van der Waals surface area contributed by atoms with E-state index in [1.54, 1.807) is 11.3 Å². The molecule has 108 valence electrons. The van der Waals surface area contributed by atoms with Gasteiger partial charge in [-0.3, -0.25) is 4.90 Å². The van der Waals surface area contributed by atoms with Crippen LogP contribution in [0.4, 0.5) is 0 Å². The first kappa shape index (κ1) is 14.9. The number of hydrogen-bond acceptors (Lipinski definition) is 6. The number of rotatable bonds is 5. The Balaban J connectivity index is 1.85. The third-order valence-corrected chi connectivity index (χ3v) is 5.40. The van der Waals surface area contributed by atoms with Gasteiger partial charge in [0.05, 0.1) is 17.0 Å². The Labute approximate surface area is 118 Å². The summed E-state index contributed by atoms with van der Waals surface area (Å²) in [5, 5.41) is 3.14. The van der Waals surface area contributed by atoms with Gasteiger partial charge in [0.1, 0.15) is 0 Å². The maximum atomic E-state index is 11.4. The lowest BCUT2D eigenvalue weighted by Gasteiger charge is -2.32. The molecule has 19 heavy (non-hydrogen) atoms. The highest BCUT2D eigenvalue weighted by Gasteiger charge is 2.23. The van der Waals surface area contributed by atoms with Crippen LogP contribution in [0.2, 0.25) is 0 Å². The number of thiazole rings is 1. The van der Waals surface area contributed by atoms with Crippen LogP contribution in [0.1, 0.15) is 10.7 Å². The zero-order valence-corrected chi connectivity index (χ0v) is 12.7. The van der Waals surface area contributed by atoms with Gasteiger partial charge in [0.25, 0.3) is 0 Å². The van der Waals surface area contributed by atoms with E-state index in [-0.39, 0.29) is 0 Å². The second-order valence-electron chi connectivity index (χ2n) is 4.71. The molecule has 1 aromatic rings. The van der Waals surface area contributed by atoms with Crippen LogP contribution in [0.15, 0.2) is 5.38 Å². The van der Waals surface area contributed by atoms with Crippen LogP contribution in [0.3, 0.4) is 0 Å². The first-order valence-electron chi connectivity index (χ1n) is 6.30. The molecule has 0 radical (unpaired) electrons. The lowest BCUT2D eigenvalue weighted by molar-refractivity contribution is 0.180. The zero-order chi connectivity index (χ0) is 13.9. The summed E-state index contributed by atoms with van der Waals surface area (Å²) >= 11 is 1.64. The van der Waals surface area contributed by atoms with Gasteiger partial charge in [0.2, 0.25) is 10.0 Å². The van der Waals surface area contributed by atoms with Crippen molar-refractivity contribution < 1.29 is 8.42 Å². The molecule has 2 heterocycles. The minimum atomic E-state index is -3.05. The Morgan fingerprint density at radius 1 is 1.37 bits per heavy atom. The van der Waals surface area contributed by atoms with Crippen LogP contribution < -0.4 is 5.73 Å². The van der Waals surface area contributed by atoms with Crippen LogP contribution in [0.5, 0.6) is 0 Å². The fourth-order valence-electron chi connectivity index (χ4n) is 2.11. The van der Waals surface area contributed by atoms with Crippen LogP contribution in [-0.4, -0.2) is 61.6 Å². The van der Waals surface area contributed by atoms with Gasteiger partial charge in [0, 0.05) is 44.5 Å². The Hall–Kier alpha value is -0.540. The van der Waals surface area contributed by atoms with Crippen molar-refractivity contribution in [3.63, 3.8) is 0 Å². The van der Waals surface area contributed by atoms with E-state index >= 15 is 0 Å². The summed E-state index contributed by atoms with van der Waals surface area (Å²) in [6.07, 6.45) is 2.09. The van der Waals surface area contributed by atoms with Gasteiger partial charge in [-0.05, 0) is 6.54 Å². The number of aromatic nitrogens is 1. The van der Waals surface area contributed by atoms with Crippen molar-refractivity contribution in [1.82, 2.24) is 14.2 Å². The first-order chi connectivity index (χ1) is 8.99. The third kappa shape index (κ3) is 4.22. The van der Waals surface area contributed by atoms with Crippen molar-refractivity contribution >= 4 is 21.4 Å². The van der Waals surface area contributed by atoms with Crippen molar-refractivity contribution in [2.45, 2.75) is 13.0 Å². The molecule has 0 amide bonds. The molecule has 0 aliphatic carbocycles. The van der Waals surface area contributed by atoms with Gasteiger partial charge >= 0.3 is 0 Å². The summed E-state index contributed by atoms with van der Waals surface area (Å²) in [6.45, 7) is 4.07. The van der Waals surface area contributed by atoms with Crippen molar-refractivity contribution in [2.24, 2.45) is 5.73 Å². The molecular formula is C11H20N4O2S2. The number of hydrogen-bond donors (Lipinski definition) is 1. The average Bonchev–Trinajstić information content (AvgIpc) is 2.77. The van der Waals surface area contributed by atoms with E-state index in [0.29, 0.717) is 19.6 Å². The summed E-state index contributed by atoms with van der Waals surface area (Å²) in [5.74, 6) is 0. The predicted octanol–water partition coefficient (Wildman–Crippen LogP) is -0.278. The predicted molar refractivity (Wildman–Crippen MR) is 76.6 cm³/mol. The second-order valence-corrected chi connectivity index (χ2v) is 7.63. The van der Waals surface area contributed by atoms with E-state index in [2.05, 4.69) is 15.3 Å². The zero-order valence-electron chi connectivity index (χ0n) is 11.1. The van der Waals surface area contributed by atoms with E-state index < -0.39 is 10.0 Å². The summed E-state index contributed by atoms with van der Waals surface area (Å²) in [5.41, 5.74) is 6.56. The summed E-state index contributed by atoms with van der Waals surface area (Å²) < 4.78 is 24.4. The fourth-order valence-corrected chi connectivity index (χ4v) is 3.74. The van der Waals surface area contributed by atoms with Crippen LogP contribution >= 0.6 is 11.3 Å². The molecule has 0 unspecified atom stereocenters. The molecule has 8 heteroatoms. The van der Waals surface area contributed by atoms with Gasteiger partial charge in [-0.25, -0.2) is 13.4 Å². The quantitative estimate of drug-likeness (QED) is 0.809. The van der Waals surface area contributed by atoms with E-state index in [0.717, 1.165) is 36.8 Å². The SMILES string of the molecule is CS(=O)(=O)N1CCN(Cc2csc(CCN)n2)CC1. The average molecular weight is 304 g/mol.